The molecule has 2 N–H and O–H groups in total. The van der Waals surface area contributed by atoms with E-state index in [0.29, 0.717) is 24.2 Å². The molecule has 0 aliphatic heterocycles. The molecule has 2 rings (SSSR count). The molecule has 0 aliphatic carbocycles. The number of aryl methyl sites for hydroxylation is 1. The summed E-state index contributed by atoms with van der Waals surface area (Å²) in [6.07, 6.45) is 0.880. The van der Waals surface area contributed by atoms with E-state index < -0.39 is 17.6 Å². The summed E-state index contributed by atoms with van der Waals surface area (Å²) in [5, 5.41) is 0.825. The minimum absolute atomic E-state index is 0.255. The summed E-state index contributed by atoms with van der Waals surface area (Å²) in [4.78, 5) is 23.3. The van der Waals surface area contributed by atoms with E-state index in [1.807, 2.05) is 12.1 Å². The van der Waals surface area contributed by atoms with Gasteiger partial charge in [-0.25, -0.2) is 4.79 Å². The molecule has 0 amide bonds. The number of furan rings is 1. The Balaban J connectivity index is 2.15. The van der Waals surface area contributed by atoms with Crippen molar-refractivity contribution in [3.8, 4) is 0 Å². The largest absolute Gasteiger partial charge is 0.469 e. The zero-order valence-corrected chi connectivity index (χ0v) is 14.4. The number of carbonyl (C=O) groups excluding carboxylic acids is 2. The van der Waals surface area contributed by atoms with E-state index in [0.717, 1.165) is 10.9 Å². The van der Waals surface area contributed by atoms with Crippen molar-refractivity contribution in [2.45, 2.75) is 45.3 Å². The van der Waals surface area contributed by atoms with E-state index in [1.165, 1.54) is 7.11 Å². The zero-order chi connectivity index (χ0) is 17.9. The molecule has 0 saturated heterocycles. The number of carbonyl (C=O) groups is 2. The van der Waals surface area contributed by atoms with Gasteiger partial charge in [0.05, 0.1) is 7.11 Å². The van der Waals surface area contributed by atoms with E-state index in [9.17, 15) is 9.59 Å². The second-order valence-electron chi connectivity index (χ2n) is 6.61. The van der Waals surface area contributed by atoms with Crippen LogP contribution in [0.25, 0.3) is 11.0 Å². The number of hydrogen-bond donors (Lipinski definition) is 1. The molecule has 0 radical (unpaired) electrons. The van der Waals surface area contributed by atoms with Gasteiger partial charge in [0.1, 0.15) is 16.9 Å². The van der Waals surface area contributed by atoms with Crippen molar-refractivity contribution in [2.75, 3.05) is 7.11 Å². The van der Waals surface area contributed by atoms with Crippen LogP contribution in [0.5, 0.6) is 0 Å². The van der Waals surface area contributed by atoms with Gasteiger partial charge < -0.3 is 19.6 Å². The van der Waals surface area contributed by atoms with Gasteiger partial charge in [0.25, 0.3) is 0 Å². The molecule has 1 unspecified atom stereocenters. The molecule has 0 spiro atoms. The van der Waals surface area contributed by atoms with Gasteiger partial charge in [-0.3, -0.25) is 4.79 Å². The molecule has 2 aromatic rings. The smallest absolute Gasteiger partial charge is 0.331 e. The molecule has 1 aromatic carbocycles. The highest BCUT2D eigenvalue weighted by atomic mass is 16.6. The van der Waals surface area contributed by atoms with Gasteiger partial charge in [0, 0.05) is 11.8 Å². The number of methoxy groups -OCH3 is 1. The molecular formula is C18H23NO5. The van der Waals surface area contributed by atoms with E-state index in [4.69, 9.17) is 14.9 Å². The molecule has 0 bridgehead atoms. The lowest BCUT2D eigenvalue weighted by Gasteiger charge is -2.21. The summed E-state index contributed by atoms with van der Waals surface area (Å²) in [5.41, 5.74) is 6.93. The summed E-state index contributed by atoms with van der Waals surface area (Å²) in [7, 11) is 1.37. The molecule has 0 fully saturated rings. The predicted molar refractivity (Wildman–Crippen MR) is 89.3 cm³/mol. The van der Waals surface area contributed by atoms with E-state index in [1.54, 1.807) is 32.9 Å². The number of esters is 2. The fraction of sp³-hybridized carbons (Fsp3) is 0.444. The van der Waals surface area contributed by atoms with Crippen LogP contribution in [-0.2, 0) is 25.5 Å². The monoisotopic (exact) mass is 333 g/mol. The molecule has 1 atom stereocenters. The summed E-state index contributed by atoms with van der Waals surface area (Å²) < 4.78 is 15.6. The summed E-state index contributed by atoms with van der Waals surface area (Å²) in [5.74, 6) is -0.438. The van der Waals surface area contributed by atoms with Crippen LogP contribution in [0, 0.1) is 0 Å². The minimum Gasteiger partial charge on any atom is -0.469 e. The molecule has 0 saturated carbocycles. The Morgan fingerprint density at radius 1 is 1.25 bits per heavy atom. The standard InChI is InChI=1S/C18H23NO5/c1-18(2,3)24-17(21)16(19)14-10-12-9-11(5-7-13(12)23-14)6-8-15(20)22-4/h5,7,9-10,16H,6,8,19H2,1-4H3. The first-order valence-electron chi connectivity index (χ1n) is 7.77. The van der Waals surface area contributed by atoms with Crippen LogP contribution in [0.4, 0.5) is 0 Å². The van der Waals surface area contributed by atoms with Crippen LogP contribution < -0.4 is 5.73 Å². The van der Waals surface area contributed by atoms with Crippen molar-refractivity contribution in [1.29, 1.82) is 0 Å². The lowest BCUT2D eigenvalue weighted by atomic mass is 10.1. The zero-order valence-electron chi connectivity index (χ0n) is 14.4. The number of fused-ring (bicyclic) bond motifs is 1. The number of ether oxygens (including phenoxy) is 2. The summed E-state index contributed by atoms with van der Waals surface area (Å²) in [6, 6.07) is 6.33. The fourth-order valence-electron chi connectivity index (χ4n) is 2.25. The van der Waals surface area contributed by atoms with Gasteiger partial charge in [0.2, 0.25) is 0 Å². The molecular weight excluding hydrogens is 310 g/mol. The maximum atomic E-state index is 12.1. The van der Waals surface area contributed by atoms with Crippen molar-refractivity contribution in [1.82, 2.24) is 0 Å². The summed E-state index contributed by atoms with van der Waals surface area (Å²) in [6.45, 7) is 5.34. The Morgan fingerprint density at radius 3 is 2.58 bits per heavy atom. The second-order valence-corrected chi connectivity index (χ2v) is 6.61. The number of nitrogens with two attached hydrogens (primary N) is 1. The minimum atomic E-state index is -0.977. The van der Waals surface area contributed by atoms with Crippen LogP contribution in [0.3, 0.4) is 0 Å². The Kier molecular flexibility index (Phi) is 5.29. The van der Waals surface area contributed by atoms with Gasteiger partial charge in [0.15, 0.2) is 6.04 Å². The Hall–Kier alpha value is -2.34. The van der Waals surface area contributed by atoms with Crippen LogP contribution in [0.15, 0.2) is 28.7 Å². The highest BCUT2D eigenvalue weighted by molar-refractivity contribution is 5.83. The molecule has 6 heteroatoms. The third-order valence-corrected chi connectivity index (χ3v) is 3.41. The van der Waals surface area contributed by atoms with E-state index in [2.05, 4.69) is 4.74 Å². The Morgan fingerprint density at radius 2 is 1.96 bits per heavy atom. The van der Waals surface area contributed by atoms with Crippen LogP contribution in [0.2, 0.25) is 0 Å². The molecule has 6 nitrogen and oxygen atoms in total. The van der Waals surface area contributed by atoms with Crippen molar-refractivity contribution in [2.24, 2.45) is 5.73 Å². The number of hydrogen-bond acceptors (Lipinski definition) is 6. The Labute approximate surface area is 140 Å². The highest BCUT2D eigenvalue weighted by Crippen LogP contribution is 2.26. The van der Waals surface area contributed by atoms with Crippen molar-refractivity contribution >= 4 is 22.9 Å². The topological polar surface area (TPSA) is 91.8 Å². The van der Waals surface area contributed by atoms with Gasteiger partial charge in [-0.05, 0) is 51.0 Å². The average molecular weight is 333 g/mol. The molecule has 1 aromatic heterocycles. The van der Waals surface area contributed by atoms with E-state index in [-0.39, 0.29) is 5.97 Å². The van der Waals surface area contributed by atoms with Gasteiger partial charge in [-0.1, -0.05) is 6.07 Å². The lowest BCUT2D eigenvalue weighted by Crippen LogP contribution is -2.31. The average Bonchev–Trinajstić information content (AvgIpc) is 2.93. The first-order valence-corrected chi connectivity index (χ1v) is 7.77. The maximum Gasteiger partial charge on any atom is 0.331 e. The van der Waals surface area contributed by atoms with Gasteiger partial charge in [-0.15, -0.1) is 0 Å². The number of benzene rings is 1. The second kappa shape index (κ2) is 7.05. The molecule has 130 valence electrons. The first kappa shape index (κ1) is 18.0. The SMILES string of the molecule is COC(=O)CCc1ccc2oc(C(N)C(=O)OC(C)(C)C)cc2c1. The Bertz CT molecular complexity index is 741. The normalized spacial score (nSPS) is 12.9. The number of rotatable bonds is 5. The van der Waals surface area contributed by atoms with Crippen LogP contribution >= 0.6 is 0 Å². The predicted octanol–water partition coefficient (Wildman–Crippen LogP) is 2.88. The fourth-order valence-corrected chi connectivity index (χ4v) is 2.25. The van der Waals surface area contributed by atoms with Crippen LogP contribution in [0.1, 0.15) is 44.6 Å². The summed E-state index contributed by atoms with van der Waals surface area (Å²) >= 11 is 0. The lowest BCUT2D eigenvalue weighted by molar-refractivity contribution is -0.157. The van der Waals surface area contributed by atoms with Crippen molar-refractivity contribution in [3.63, 3.8) is 0 Å². The van der Waals surface area contributed by atoms with Gasteiger partial charge >= 0.3 is 11.9 Å². The third-order valence-electron chi connectivity index (χ3n) is 3.41. The maximum absolute atomic E-state index is 12.1. The van der Waals surface area contributed by atoms with Gasteiger partial charge in [-0.2, -0.15) is 0 Å². The van der Waals surface area contributed by atoms with Crippen molar-refractivity contribution in [3.05, 3.63) is 35.6 Å². The molecule has 24 heavy (non-hydrogen) atoms. The highest BCUT2D eigenvalue weighted by Gasteiger charge is 2.26. The molecule has 0 aliphatic rings. The molecule has 1 heterocycles. The quantitative estimate of drug-likeness (QED) is 0.846. The third kappa shape index (κ3) is 4.58. The van der Waals surface area contributed by atoms with Crippen LogP contribution in [-0.4, -0.2) is 24.6 Å². The van der Waals surface area contributed by atoms with E-state index >= 15 is 0 Å². The first-order chi connectivity index (χ1) is 11.2. The van der Waals surface area contributed by atoms with Crippen molar-refractivity contribution < 1.29 is 23.5 Å².